The van der Waals surface area contributed by atoms with E-state index in [1.165, 1.54) is 50.3 Å². The highest BCUT2D eigenvalue weighted by Gasteiger charge is 2.53. The normalized spacial score (nSPS) is 33.5. The van der Waals surface area contributed by atoms with Crippen LogP contribution in [-0.4, -0.2) is 100 Å². The van der Waals surface area contributed by atoms with Crippen molar-refractivity contribution in [3.63, 3.8) is 0 Å². The van der Waals surface area contributed by atoms with E-state index in [1.807, 2.05) is 0 Å². The Hall–Kier alpha value is -3.57. The molecule has 3 aliphatic rings. The van der Waals surface area contributed by atoms with Crippen LogP contribution in [0.2, 0.25) is 0 Å². The monoisotopic (exact) mass is 638 g/mol. The molecule has 0 unspecified atom stereocenters. The fourth-order valence-electron chi connectivity index (χ4n) is 5.30. The molecule has 12 nitrogen and oxygen atoms in total. The highest BCUT2D eigenvalue weighted by Crippen LogP contribution is 2.31. The van der Waals surface area contributed by atoms with Gasteiger partial charge >= 0.3 is 0 Å². The zero-order valence-electron chi connectivity index (χ0n) is 24.1. The summed E-state index contributed by atoms with van der Waals surface area (Å²) in [5, 5.41) is 47.8. The van der Waals surface area contributed by atoms with E-state index in [0.717, 1.165) is 6.07 Å². The number of halogens is 3. The molecule has 0 radical (unpaired) electrons. The molecule has 2 saturated heterocycles. The smallest absolute Gasteiger partial charge is 0.247 e. The van der Waals surface area contributed by atoms with Gasteiger partial charge in [-0.3, -0.25) is 4.79 Å². The predicted octanol–water partition coefficient (Wildman–Crippen LogP) is 1.09. The number of nitrogens with one attached hydrogen (secondary N) is 1. The molecule has 244 valence electrons. The number of aliphatic hydroxyl groups is 4. The van der Waals surface area contributed by atoms with Crippen LogP contribution in [0.3, 0.4) is 0 Å². The van der Waals surface area contributed by atoms with Crippen LogP contribution in [0.5, 0.6) is 5.75 Å². The maximum absolute atomic E-state index is 14.9. The zero-order valence-corrected chi connectivity index (χ0v) is 24.1. The highest BCUT2D eigenvalue weighted by molar-refractivity contribution is 5.97. The fourth-order valence-corrected chi connectivity index (χ4v) is 5.30. The molecule has 45 heavy (non-hydrogen) atoms. The number of amides is 1. The van der Waals surface area contributed by atoms with E-state index in [0.29, 0.717) is 0 Å². The van der Waals surface area contributed by atoms with Crippen molar-refractivity contribution in [3.8, 4) is 5.75 Å². The number of nitrogens with zero attached hydrogens (tertiary/aromatic N) is 1. The van der Waals surface area contributed by atoms with Crippen LogP contribution in [0.1, 0.15) is 25.0 Å². The molecule has 15 heteroatoms. The number of fused-ring (bicyclic) bond motifs is 1. The Kier molecular flexibility index (Phi) is 10.1. The molecular weight excluding hydrogens is 605 g/mol. The van der Waals surface area contributed by atoms with Gasteiger partial charge in [-0.25, -0.2) is 13.2 Å². The van der Waals surface area contributed by atoms with Crippen molar-refractivity contribution in [1.29, 1.82) is 0 Å². The number of hydrogen-bond donors (Lipinski definition) is 5. The number of carbonyl (C=O) groups excluding carboxylic acids is 1. The van der Waals surface area contributed by atoms with E-state index in [-0.39, 0.29) is 35.8 Å². The fraction of sp³-hybridized carbons (Fsp3) is 0.467. The van der Waals surface area contributed by atoms with Crippen molar-refractivity contribution in [2.45, 2.75) is 81.7 Å². The van der Waals surface area contributed by atoms with Gasteiger partial charge in [0.25, 0.3) is 0 Å². The number of hydrogen-bond acceptors (Lipinski definition) is 11. The molecule has 2 aromatic carbocycles. The van der Waals surface area contributed by atoms with Crippen LogP contribution >= 0.6 is 0 Å². The second-order valence-corrected chi connectivity index (χ2v) is 10.9. The summed E-state index contributed by atoms with van der Waals surface area (Å²) in [4.78, 5) is 17.9. The SMILES string of the molecule is CC(=Cc1ccc(O[C@@H]2O[C@H](C(C)=NOCc3ccccc3F)[C@@H](O)[C@@H]2F)c(F)c1)C(=O)N[C@@H]1[C@H](O)[C@@H](O)[C@H]2OCO[C@H]2[C@@H]1O. The third kappa shape index (κ3) is 6.99. The minimum absolute atomic E-state index is 0.0500. The van der Waals surface area contributed by atoms with Crippen molar-refractivity contribution in [1.82, 2.24) is 5.32 Å². The maximum Gasteiger partial charge on any atom is 0.247 e. The van der Waals surface area contributed by atoms with Crippen LogP contribution in [0.15, 0.2) is 53.2 Å². The van der Waals surface area contributed by atoms with Gasteiger partial charge in [0, 0.05) is 11.1 Å². The van der Waals surface area contributed by atoms with Crippen molar-refractivity contribution >= 4 is 17.7 Å². The van der Waals surface area contributed by atoms with Crippen LogP contribution in [0.4, 0.5) is 13.2 Å². The standard InChI is InChI=1S/C30H33F3N2O10/c1-13(29(40)34-21-23(37)25(39)28-27(24(21)38)41-12-42-28)9-15-7-8-19(18(32)10-15)44-30-20(33)22(36)26(45-30)14(2)35-43-11-16-5-3-4-6-17(16)31/h3-10,20-28,30,36-39H,11-12H2,1-2H3,(H,34,40)/t20-,21+,22-,23-,24+,25+,26+,27-,28+,30+/m0/s1. The van der Waals surface area contributed by atoms with Crippen molar-refractivity contribution in [2.24, 2.45) is 5.16 Å². The third-order valence-corrected chi connectivity index (χ3v) is 7.82. The lowest BCUT2D eigenvalue weighted by molar-refractivity contribution is -0.155. The molecule has 0 aromatic heterocycles. The second-order valence-electron chi connectivity index (χ2n) is 10.9. The minimum Gasteiger partial charge on any atom is -0.459 e. The molecule has 2 aliphatic heterocycles. The molecule has 1 aliphatic carbocycles. The molecule has 5 N–H and O–H groups in total. The average molecular weight is 639 g/mol. The Labute approximate surface area is 255 Å². The number of aliphatic hydroxyl groups excluding tert-OH is 4. The Morgan fingerprint density at radius 3 is 2.42 bits per heavy atom. The number of carbonyl (C=O) groups is 1. The van der Waals surface area contributed by atoms with Gasteiger partial charge in [0.15, 0.2) is 17.7 Å². The number of rotatable bonds is 9. The lowest BCUT2D eigenvalue weighted by atomic mass is 9.83. The largest absolute Gasteiger partial charge is 0.459 e. The molecule has 0 spiro atoms. The summed E-state index contributed by atoms with van der Waals surface area (Å²) in [6.45, 7) is 2.44. The number of alkyl halides is 1. The third-order valence-electron chi connectivity index (χ3n) is 7.82. The summed E-state index contributed by atoms with van der Waals surface area (Å²) >= 11 is 0. The van der Waals surface area contributed by atoms with Crippen molar-refractivity contribution in [3.05, 3.63) is 70.8 Å². The summed E-state index contributed by atoms with van der Waals surface area (Å²) in [5.41, 5.74) is 0.588. The van der Waals surface area contributed by atoms with E-state index in [2.05, 4.69) is 10.5 Å². The predicted molar refractivity (Wildman–Crippen MR) is 149 cm³/mol. The molecular formula is C30H33F3N2O10. The van der Waals surface area contributed by atoms with Gasteiger partial charge in [0.2, 0.25) is 12.2 Å². The van der Waals surface area contributed by atoms with Gasteiger partial charge in [0.1, 0.15) is 61.9 Å². The first-order chi connectivity index (χ1) is 21.5. The Morgan fingerprint density at radius 2 is 1.71 bits per heavy atom. The molecule has 3 fully saturated rings. The first-order valence-electron chi connectivity index (χ1n) is 14.1. The minimum atomic E-state index is -2.07. The summed E-state index contributed by atoms with van der Waals surface area (Å²) in [6.07, 6.45) is -11.6. The molecule has 10 atom stereocenters. The van der Waals surface area contributed by atoms with E-state index in [9.17, 15) is 38.4 Å². The number of benzene rings is 2. The van der Waals surface area contributed by atoms with Gasteiger partial charge in [-0.15, -0.1) is 0 Å². The van der Waals surface area contributed by atoms with Crippen molar-refractivity contribution in [2.75, 3.05) is 6.79 Å². The van der Waals surface area contributed by atoms with Crippen LogP contribution in [0, 0.1) is 11.6 Å². The maximum atomic E-state index is 14.9. The molecule has 1 amide bonds. The Bertz CT molecular complexity index is 1440. The van der Waals surface area contributed by atoms with E-state index in [1.54, 1.807) is 6.07 Å². The zero-order chi connectivity index (χ0) is 32.4. The van der Waals surface area contributed by atoms with Gasteiger partial charge in [-0.05, 0) is 43.7 Å². The Morgan fingerprint density at radius 1 is 1.00 bits per heavy atom. The summed E-state index contributed by atoms with van der Waals surface area (Å²) in [5.74, 6) is -2.52. The Balaban J connectivity index is 1.18. The van der Waals surface area contributed by atoms with Gasteiger partial charge in [-0.1, -0.05) is 29.4 Å². The molecule has 5 rings (SSSR count). The molecule has 0 bridgehead atoms. The van der Waals surface area contributed by atoms with E-state index < -0.39 is 84.5 Å². The first-order valence-corrected chi connectivity index (χ1v) is 14.1. The lowest BCUT2D eigenvalue weighted by Gasteiger charge is -2.41. The lowest BCUT2D eigenvalue weighted by Crippen LogP contribution is -2.67. The second kappa shape index (κ2) is 13.8. The van der Waals surface area contributed by atoms with Crippen LogP contribution in [-0.2, 0) is 30.4 Å². The van der Waals surface area contributed by atoms with Crippen molar-refractivity contribution < 1.29 is 62.2 Å². The van der Waals surface area contributed by atoms with Gasteiger partial charge in [0.05, 0.1) is 11.8 Å². The van der Waals surface area contributed by atoms with Crippen LogP contribution in [0.25, 0.3) is 6.08 Å². The topological polar surface area (TPSA) is 169 Å². The average Bonchev–Trinajstić information content (AvgIpc) is 3.62. The van der Waals surface area contributed by atoms with Gasteiger partial charge in [-0.2, -0.15) is 0 Å². The quantitative estimate of drug-likeness (QED) is 0.152. The highest BCUT2D eigenvalue weighted by atomic mass is 19.1. The molecule has 2 heterocycles. The van der Waals surface area contributed by atoms with E-state index in [4.69, 9.17) is 23.8 Å². The first kappa shape index (κ1) is 32.8. The summed E-state index contributed by atoms with van der Waals surface area (Å²) in [6, 6.07) is 8.23. The van der Waals surface area contributed by atoms with E-state index >= 15 is 0 Å². The molecule has 2 aromatic rings. The molecule has 1 saturated carbocycles. The summed E-state index contributed by atoms with van der Waals surface area (Å²) in [7, 11) is 0. The summed E-state index contributed by atoms with van der Waals surface area (Å²) < 4.78 is 64.8. The number of ether oxygens (including phenoxy) is 4. The number of oxime groups is 1. The van der Waals surface area contributed by atoms with Crippen LogP contribution < -0.4 is 10.1 Å². The van der Waals surface area contributed by atoms with Gasteiger partial charge < -0.3 is 49.5 Å².